The number of pyridine rings is 1. The first kappa shape index (κ1) is 19.7. The van der Waals surface area contributed by atoms with Gasteiger partial charge in [-0.3, -0.25) is 0 Å². The van der Waals surface area contributed by atoms with Crippen LogP contribution in [0, 0.1) is 0 Å². The summed E-state index contributed by atoms with van der Waals surface area (Å²) in [5.74, 6) is 0. The van der Waals surface area contributed by atoms with E-state index in [4.69, 9.17) is 5.73 Å². The van der Waals surface area contributed by atoms with Gasteiger partial charge >= 0.3 is 0 Å². The highest BCUT2D eigenvalue weighted by atomic mass is 15.1. The fourth-order valence-electron chi connectivity index (χ4n) is 4.88. The van der Waals surface area contributed by atoms with Crippen LogP contribution in [0.3, 0.4) is 0 Å². The number of nitrogens with two attached hydrogens (primary N) is 1. The van der Waals surface area contributed by atoms with Gasteiger partial charge in [0.2, 0.25) is 11.4 Å². The highest BCUT2D eigenvalue weighted by molar-refractivity contribution is 5.73. The Labute approximate surface area is 185 Å². The fourth-order valence-corrected chi connectivity index (χ4v) is 4.88. The summed E-state index contributed by atoms with van der Waals surface area (Å²) >= 11 is 0. The summed E-state index contributed by atoms with van der Waals surface area (Å²) in [6, 6.07) is 37.3. The molecule has 0 aliphatic heterocycles. The van der Waals surface area contributed by atoms with E-state index in [1.54, 1.807) is 0 Å². The van der Waals surface area contributed by atoms with Crippen LogP contribution in [0.4, 0.5) is 0 Å². The highest BCUT2D eigenvalue weighted by Gasteiger charge is 2.35. The number of hydrogen-bond acceptors (Lipinski definition) is 1. The summed E-state index contributed by atoms with van der Waals surface area (Å²) in [6.07, 6.45) is 4.66. The average Bonchev–Trinajstić information content (AvgIpc) is 2.85. The minimum absolute atomic E-state index is 0.172. The third-order valence-corrected chi connectivity index (χ3v) is 6.46. The van der Waals surface area contributed by atoms with Gasteiger partial charge < -0.3 is 5.73 Å². The first-order valence-electron chi connectivity index (χ1n) is 11.3. The molecule has 0 bridgehead atoms. The molecule has 1 saturated carbocycles. The van der Waals surface area contributed by atoms with Gasteiger partial charge in [-0.25, -0.2) is 0 Å². The zero-order valence-corrected chi connectivity index (χ0v) is 17.8. The Morgan fingerprint density at radius 3 is 1.48 bits per heavy atom. The lowest BCUT2D eigenvalue weighted by atomic mass is 9.88. The number of nitrogens with zero attached hydrogens (tertiary/aromatic N) is 1. The summed E-state index contributed by atoms with van der Waals surface area (Å²) in [4.78, 5) is 0. The zero-order valence-electron chi connectivity index (χ0n) is 17.8. The maximum Gasteiger partial charge on any atom is 0.213 e. The first-order valence-corrected chi connectivity index (χ1v) is 11.3. The van der Waals surface area contributed by atoms with E-state index in [1.807, 2.05) is 0 Å². The van der Waals surface area contributed by atoms with E-state index in [-0.39, 0.29) is 6.04 Å². The van der Waals surface area contributed by atoms with Crippen LogP contribution in [-0.2, 0) is 0 Å². The van der Waals surface area contributed by atoms with Gasteiger partial charge in [-0.05, 0) is 48.2 Å². The largest absolute Gasteiger partial charge is 0.322 e. The number of benzene rings is 3. The predicted octanol–water partition coefficient (Wildman–Crippen LogP) is 6.42. The van der Waals surface area contributed by atoms with E-state index in [0.29, 0.717) is 6.04 Å². The average molecular weight is 406 g/mol. The second-order valence-electron chi connectivity index (χ2n) is 8.50. The van der Waals surface area contributed by atoms with Crippen molar-refractivity contribution in [1.82, 2.24) is 0 Å². The molecule has 3 aromatic carbocycles. The van der Waals surface area contributed by atoms with Crippen LogP contribution in [0.2, 0.25) is 0 Å². The van der Waals surface area contributed by atoms with E-state index >= 15 is 0 Å². The Hall–Kier alpha value is -3.23. The van der Waals surface area contributed by atoms with Crippen molar-refractivity contribution in [2.24, 2.45) is 5.73 Å². The monoisotopic (exact) mass is 405 g/mol. The van der Waals surface area contributed by atoms with Gasteiger partial charge in [-0.1, -0.05) is 73.2 Å². The predicted molar refractivity (Wildman–Crippen MR) is 128 cm³/mol. The topological polar surface area (TPSA) is 29.9 Å². The van der Waals surface area contributed by atoms with Crippen molar-refractivity contribution in [3.8, 4) is 33.6 Å². The fraction of sp³-hybridized carbons (Fsp3) is 0.207. The molecule has 2 N–H and O–H groups in total. The van der Waals surface area contributed by atoms with E-state index in [9.17, 15) is 0 Å². The summed E-state index contributed by atoms with van der Waals surface area (Å²) < 4.78 is 2.53. The third kappa shape index (κ3) is 4.04. The molecule has 0 amide bonds. The smallest absolute Gasteiger partial charge is 0.213 e. The normalized spacial score (nSPS) is 18.6. The molecule has 1 heterocycles. The first-order chi connectivity index (χ1) is 15.3. The van der Waals surface area contributed by atoms with Crippen molar-refractivity contribution in [3.63, 3.8) is 0 Å². The van der Waals surface area contributed by atoms with Gasteiger partial charge in [0.25, 0.3) is 0 Å². The Morgan fingerprint density at radius 2 is 1.00 bits per heavy atom. The van der Waals surface area contributed by atoms with Crippen LogP contribution in [0.1, 0.15) is 31.7 Å². The maximum absolute atomic E-state index is 6.73. The van der Waals surface area contributed by atoms with Crippen molar-refractivity contribution >= 4 is 0 Å². The van der Waals surface area contributed by atoms with Crippen molar-refractivity contribution in [1.29, 1.82) is 0 Å². The molecule has 1 aliphatic carbocycles. The van der Waals surface area contributed by atoms with Gasteiger partial charge in [-0.15, -0.1) is 0 Å². The number of rotatable bonds is 4. The molecular formula is C29H29N2+. The Bertz CT molecular complexity index is 1080. The lowest BCUT2D eigenvalue weighted by Crippen LogP contribution is -2.53. The lowest BCUT2D eigenvalue weighted by molar-refractivity contribution is -0.706. The maximum atomic E-state index is 6.73. The SMILES string of the molecule is NC1CCCCC1[n+]1c(-c2ccccc2)cc(-c2ccccc2)cc1-c1ccccc1. The van der Waals surface area contributed by atoms with Gasteiger partial charge in [0.1, 0.15) is 0 Å². The standard InChI is InChI=1S/C29H29N2/c30-26-18-10-11-19-27(26)31-28(23-14-6-2-7-15-23)20-25(22-12-4-1-5-13-22)21-29(31)24-16-8-3-9-17-24/h1-9,12-17,20-21,26-27H,10-11,18-19,30H2/q+1. The molecule has 2 atom stereocenters. The highest BCUT2D eigenvalue weighted by Crippen LogP contribution is 2.33. The van der Waals surface area contributed by atoms with Crippen molar-refractivity contribution in [3.05, 3.63) is 103 Å². The summed E-state index contributed by atoms with van der Waals surface area (Å²) in [5.41, 5.74) is 14.1. The van der Waals surface area contributed by atoms with Crippen molar-refractivity contribution in [2.75, 3.05) is 0 Å². The quantitative estimate of drug-likeness (QED) is 0.390. The molecule has 0 saturated heterocycles. The zero-order chi connectivity index (χ0) is 21.0. The molecule has 2 nitrogen and oxygen atoms in total. The minimum Gasteiger partial charge on any atom is -0.322 e. The van der Waals surface area contributed by atoms with Crippen molar-refractivity contribution < 1.29 is 4.57 Å². The van der Waals surface area contributed by atoms with E-state index < -0.39 is 0 Å². The molecular weight excluding hydrogens is 376 g/mol. The summed E-state index contributed by atoms with van der Waals surface area (Å²) in [6.45, 7) is 0. The van der Waals surface area contributed by atoms with Crippen LogP contribution in [-0.4, -0.2) is 6.04 Å². The lowest BCUT2D eigenvalue weighted by Gasteiger charge is -2.27. The Kier molecular flexibility index (Phi) is 5.64. The second-order valence-corrected chi connectivity index (χ2v) is 8.50. The molecule has 0 spiro atoms. The summed E-state index contributed by atoms with van der Waals surface area (Å²) in [5, 5.41) is 0. The van der Waals surface area contributed by atoms with E-state index in [2.05, 4.69) is 108 Å². The second kappa shape index (κ2) is 8.87. The van der Waals surface area contributed by atoms with Gasteiger partial charge in [0, 0.05) is 29.7 Å². The van der Waals surface area contributed by atoms with Crippen LogP contribution in [0.5, 0.6) is 0 Å². The molecule has 0 radical (unpaired) electrons. The molecule has 1 aliphatic rings. The summed E-state index contributed by atoms with van der Waals surface area (Å²) in [7, 11) is 0. The Balaban J connectivity index is 1.82. The van der Waals surface area contributed by atoms with Gasteiger partial charge in [-0.2, -0.15) is 4.57 Å². The minimum atomic E-state index is 0.172. The van der Waals surface area contributed by atoms with E-state index in [1.165, 1.54) is 46.5 Å². The molecule has 1 fully saturated rings. The molecule has 2 heteroatoms. The van der Waals surface area contributed by atoms with Gasteiger partial charge in [0.15, 0.2) is 6.04 Å². The molecule has 1 aromatic heterocycles. The Morgan fingerprint density at radius 1 is 0.548 bits per heavy atom. The molecule has 4 aromatic rings. The number of aromatic nitrogens is 1. The van der Waals surface area contributed by atoms with Crippen molar-refractivity contribution in [2.45, 2.75) is 37.8 Å². The van der Waals surface area contributed by atoms with Crippen LogP contribution in [0.15, 0.2) is 103 Å². The molecule has 154 valence electrons. The van der Waals surface area contributed by atoms with Crippen LogP contribution >= 0.6 is 0 Å². The molecule has 5 rings (SSSR count). The van der Waals surface area contributed by atoms with Crippen LogP contribution < -0.4 is 10.3 Å². The number of hydrogen-bond donors (Lipinski definition) is 1. The van der Waals surface area contributed by atoms with Gasteiger partial charge in [0.05, 0.1) is 6.04 Å². The van der Waals surface area contributed by atoms with Crippen LogP contribution in [0.25, 0.3) is 33.6 Å². The molecule has 2 unspecified atom stereocenters. The van der Waals surface area contributed by atoms with E-state index in [0.717, 1.165) is 12.8 Å². The third-order valence-electron chi connectivity index (χ3n) is 6.46. The molecule has 31 heavy (non-hydrogen) atoms.